The van der Waals surface area contributed by atoms with Gasteiger partial charge < -0.3 is 0 Å². The van der Waals surface area contributed by atoms with Crippen LogP contribution >= 0.6 is 27.7 Å². The number of hydrogen-bond acceptors (Lipinski definition) is 5. The molecule has 0 amide bonds. The second-order valence-electron chi connectivity index (χ2n) is 4.08. The summed E-state index contributed by atoms with van der Waals surface area (Å²) in [5.74, 6) is 0.814. The average molecular weight is 301 g/mol. The number of nitrogens with zero attached hydrogens (tertiary/aromatic N) is 3. The molecule has 1 atom stereocenters. The summed E-state index contributed by atoms with van der Waals surface area (Å²) in [5.41, 5.74) is 5.92. The SMILES string of the molecule is CSC1=NC2=NC3=C(CCCC3Br)CN2N1. The van der Waals surface area contributed by atoms with Gasteiger partial charge in [0.05, 0.1) is 17.1 Å². The van der Waals surface area contributed by atoms with Crippen molar-refractivity contribution >= 4 is 38.8 Å². The zero-order chi connectivity index (χ0) is 11.1. The normalized spacial score (nSPS) is 28.1. The van der Waals surface area contributed by atoms with Crippen LogP contribution in [0, 0.1) is 0 Å². The zero-order valence-corrected chi connectivity index (χ0v) is 11.4. The number of rotatable bonds is 0. The molecule has 1 N–H and O–H groups in total. The van der Waals surface area contributed by atoms with Crippen molar-refractivity contribution in [3.8, 4) is 0 Å². The fourth-order valence-electron chi connectivity index (χ4n) is 2.22. The molecule has 3 rings (SSSR count). The van der Waals surface area contributed by atoms with E-state index in [1.165, 1.54) is 30.5 Å². The van der Waals surface area contributed by atoms with E-state index in [-0.39, 0.29) is 0 Å². The number of alkyl halides is 1. The fourth-order valence-corrected chi connectivity index (χ4v) is 3.34. The van der Waals surface area contributed by atoms with Gasteiger partial charge in [-0.05, 0) is 31.1 Å². The molecule has 0 spiro atoms. The number of allylic oxidation sites excluding steroid dienone is 1. The molecule has 86 valence electrons. The molecule has 3 aliphatic rings. The molecule has 4 nitrogen and oxygen atoms in total. The van der Waals surface area contributed by atoms with Crippen LogP contribution in [0.25, 0.3) is 0 Å². The lowest BCUT2D eigenvalue weighted by Gasteiger charge is -2.30. The van der Waals surface area contributed by atoms with Crippen molar-refractivity contribution in [3.05, 3.63) is 11.3 Å². The number of aliphatic imine (C=N–C) groups is 2. The molecule has 1 aliphatic carbocycles. The van der Waals surface area contributed by atoms with Gasteiger partial charge in [0.15, 0.2) is 5.17 Å². The summed E-state index contributed by atoms with van der Waals surface area (Å²) in [4.78, 5) is 9.52. The molecule has 0 aromatic carbocycles. The molecular formula is C10H13BrN4S. The molecule has 2 heterocycles. The molecule has 0 saturated carbocycles. The van der Waals surface area contributed by atoms with Crippen molar-refractivity contribution in [2.45, 2.75) is 24.1 Å². The summed E-state index contributed by atoms with van der Waals surface area (Å²) < 4.78 is 0. The van der Waals surface area contributed by atoms with E-state index in [2.05, 4.69) is 31.3 Å². The number of hydrazine groups is 1. The van der Waals surface area contributed by atoms with Crippen molar-refractivity contribution in [2.75, 3.05) is 12.8 Å². The van der Waals surface area contributed by atoms with Gasteiger partial charge in [-0.1, -0.05) is 27.7 Å². The Bertz CT molecular complexity index is 415. The Kier molecular flexibility index (Phi) is 2.71. The van der Waals surface area contributed by atoms with Gasteiger partial charge >= 0.3 is 0 Å². The highest BCUT2D eigenvalue weighted by Crippen LogP contribution is 2.34. The van der Waals surface area contributed by atoms with Gasteiger partial charge in [0.1, 0.15) is 0 Å². The maximum absolute atomic E-state index is 4.66. The van der Waals surface area contributed by atoms with Crippen molar-refractivity contribution in [1.29, 1.82) is 0 Å². The largest absolute Gasteiger partial charge is 0.273 e. The van der Waals surface area contributed by atoms with Crippen LogP contribution in [0.15, 0.2) is 21.3 Å². The van der Waals surface area contributed by atoms with E-state index in [0.29, 0.717) is 4.83 Å². The second-order valence-corrected chi connectivity index (χ2v) is 5.98. The minimum absolute atomic E-state index is 0.416. The molecule has 16 heavy (non-hydrogen) atoms. The van der Waals surface area contributed by atoms with E-state index in [1.807, 2.05) is 11.3 Å². The highest BCUT2D eigenvalue weighted by molar-refractivity contribution is 9.09. The third kappa shape index (κ3) is 1.68. The van der Waals surface area contributed by atoms with E-state index >= 15 is 0 Å². The van der Waals surface area contributed by atoms with Gasteiger partial charge in [0.25, 0.3) is 0 Å². The smallest absolute Gasteiger partial charge is 0.247 e. The van der Waals surface area contributed by atoms with E-state index in [4.69, 9.17) is 0 Å². The van der Waals surface area contributed by atoms with Crippen molar-refractivity contribution in [2.24, 2.45) is 9.98 Å². The Labute approximate surface area is 107 Å². The third-order valence-electron chi connectivity index (χ3n) is 3.03. The minimum Gasteiger partial charge on any atom is -0.273 e. The molecule has 0 saturated heterocycles. The monoisotopic (exact) mass is 300 g/mol. The first-order valence-electron chi connectivity index (χ1n) is 5.39. The Morgan fingerprint density at radius 2 is 2.38 bits per heavy atom. The van der Waals surface area contributed by atoms with E-state index in [9.17, 15) is 0 Å². The summed E-state index contributed by atoms with van der Waals surface area (Å²) in [6.45, 7) is 0.920. The highest BCUT2D eigenvalue weighted by atomic mass is 79.9. The topological polar surface area (TPSA) is 40.0 Å². The van der Waals surface area contributed by atoms with Crippen LogP contribution < -0.4 is 5.43 Å². The summed E-state index contributed by atoms with van der Waals surface area (Å²) in [7, 11) is 0. The van der Waals surface area contributed by atoms with Crippen LogP contribution in [-0.4, -0.2) is 33.8 Å². The number of guanidine groups is 1. The number of nitrogens with one attached hydrogen (secondary N) is 1. The lowest BCUT2D eigenvalue weighted by atomic mass is 9.95. The molecule has 0 bridgehead atoms. The molecule has 0 fully saturated rings. The maximum atomic E-state index is 4.66. The number of fused-ring (bicyclic) bond motifs is 1. The number of hydrogen-bond donors (Lipinski definition) is 1. The second kappa shape index (κ2) is 4.07. The van der Waals surface area contributed by atoms with Crippen LogP contribution in [0.5, 0.6) is 0 Å². The van der Waals surface area contributed by atoms with Crippen molar-refractivity contribution in [3.63, 3.8) is 0 Å². The van der Waals surface area contributed by atoms with Gasteiger partial charge in [0, 0.05) is 0 Å². The van der Waals surface area contributed by atoms with Gasteiger partial charge in [-0.15, -0.1) is 0 Å². The van der Waals surface area contributed by atoms with E-state index in [1.54, 1.807) is 11.8 Å². The molecule has 0 aromatic heterocycles. The Morgan fingerprint density at radius 1 is 1.50 bits per heavy atom. The molecular weight excluding hydrogens is 288 g/mol. The van der Waals surface area contributed by atoms with Crippen LogP contribution in [-0.2, 0) is 0 Å². The third-order valence-corrected chi connectivity index (χ3v) is 4.49. The van der Waals surface area contributed by atoms with Crippen LogP contribution in [0.1, 0.15) is 19.3 Å². The minimum atomic E-state index is 0.416. The molecule has 6 heteroatoms. The Hall–Kier alpha value is -0.490. The molecule has 2 aliphatic heterocycles. The molecule has 1 unspecified atom stereocenters. The number of amidine groups is 1. The summed E-state index contributed by atoms with van der Waals surface area (Å²) in [6, 6.07) is 0. The average Bonchev–Trinajstić information content (AvgIpc) is 2.69. The fraction of sp³-hybridized carbons (Fsp3) is 0.600. The number of halogens is 1. The molecule has 0 aromatic rings. The predicted molar refractivity (Wildman–Crippen MR) is 71.8 cm³/mol. The van der Waals surface area contributed by atoms with Gasteiger partial charge in [0.2, 0.25) is 5.96 Å². The number of thioether (sulfide) groups is 1. The van der Waals surface area contributed by atoms with Crippen LogP contribution in [0.3, 0.4) is 0 Å². The van der Waals surface area contributed by atoms with Gasteiger partial charge in [-0.25, -0.2) is 10.0 Å². The first-order chi connectivity index (χ1) is 7.78. The maximum Gasteiger partial charge on any atom is 0.247 e. The van der Waals surface area contributed by atoms with Gasteiger partial charge in [-0.3, -0.25) is 5.43 Å². The Morgan fingerprint density at radius 3 is 3.19 bits per heavy atom. The molecule has 0 radical (unpaired) electrons. The summed E-state index contributed by atoms with van der Waals surface area (Å²) >= 11 is 5.32. The van der Waals surface area contributed by atoms with Crippen LogP contribution in [0.4, 0.5) is 0 Å². The lowest BCUT2D eigenvalue weighted by molar-refractivity contribution is 0.398. The standard InChI is InChI=1S/C10H13BrN4S/c1-16-10-13-9-12-8-6(5-15(9)14-10)3-2-4-7(8)11/h7H,2-5H2,1H3,(H,12,13,14). The lowest BCUT2D eigenvalue weighted by Crippen LogP contribution is -2.42. The van der Waals surface area contributed by atoms with E-state index in [0.717, 1.165) is 17.7 Å². The Balaban J connectivity index is 1.93. The van der Waals surface area contributed by atoms with Crippen LogP contribution in [0.2, 0.25) is 0 Å². The quantitative estimate of drug-likeness (QED) is 0.697. The summed E-state index contributed by atoms with van der Waals surface area (Å²) in [5, 5.41) is 2.97. The van der Waals surface area contributed by atoms with Gasteiger partial charge in [-0.2, -0.15) is 4.99 Å². The van der Waals surface area contributed by atoms with Crippen molar-refractivity contribution in [1.82, 2.24) is 10.4 Å². The zero-order valence-electron chi connectivity index (χ0n) is 9.03. The first-order valence-corrected chi connectivity index (χ1v) is 7.53. The predicted octanol–water partition coefficient (Wildman–Crippen LogP) is 2.10. The highest BCUT2D eigenvalue weighted by Gasteiger charge is 2.31. The van der Waals surface area contributed by atoms with Crippen molar-refractivity contribution < 1.29 is 0 Å². The first kappa shape index (κ1) is 10.7. The summed E-state index contributed by atoms with van der Waals surface area (Å²) in [6.07, 6.45) is 5.62. The van der Waals surface area contributed by atoms with E-state index < -0.39 is 0 Å².